The van der Waals surface area contributed by atoms with Crippen LogP contribution in [0.4, 0.5) is 5.69 Å². The van der Waals surface area contributed by atoms with Gasteiger partial charge in [0.15, 0.2) is 5.65 Å². The number of nitrogens with one attached hydrogen (secondary N) is 3. The number of ether oxygens (including phenoxy) is 1. The van der Waals surface area contributed by atoms with E-state index >= 15 is 0 Å². The molecule has 190 valence electrons. The predicted octanol–water partition coefficient (Wildman–Crippen LogP) is 3.94. The topological polar surface area (TPSA) is 112 Å². The second-order valence-electron chi connectivity index (χ2n) is 9.39. The molecular formula is C28H30N6O3. The summed E-state index contributed by atoms with van der Waals surface area (Å²) in [5, 5.41) is 14.6. The average Bonchev–Trinajstić information content (AvgIpc) is 3.36. The molecule has 9 nitrogen and oxygen atoms in total. The molecule has 9 heteroatoms. The summed E-state index contributed by atoms with van der Waals surface area (Å²) in [5.41, 5.74) is 4.81. The summed E-state index contributed by atoms with van der Waals surface area (Å²) in [7, 11) is 5.03. The van der Waals surface area contributed by atoms with Crippen LogP contribution in [0, 0.1) is 5.92 Å². The summed E-state index contributed by atoms with van der Waals surface area (Å²) in [6, 6.07) is 15.2. The Bertz CT molecular complexity index is 1460. The number of methoxy groups -OCH3 is 1. The van der Waals surface area contributed by atoms with Crippen molar-refractivity contribution in [3.8, 4) is 28.1 Å². The highest BCUT2D eigenvalue weighted by atomic mass is 16.5. The molecule has 0 aliphatic carbocycles. The number of aromatic amines is 1. The number of aromatic nitrogens is 3. The van der Waals surface area contributed by atoms with Crippen molar-refractivity contribution in [2.24, 2.45) is 5.92 Å². The van der Waals surface area contributed by atoms with Crippen molar-refractivity contribution in [3.05, 3.63) is 60.3 Å². The monoisotopic (exact) mass is 498 g/mol. The summed E-state index contributed by atoms with van der Waals surface area (Å²) >= 11 is 0. The number of benzene rings is 2. The number of para-hydroxylation sites is 1. The van der Waals surface area contributed by atoms with E-state index < -0.39 is 0 Å². The SMILES string of the molecule is COc1ccccc1-c1n[nH]c2ncc(-c3ccc(NC(=O)C4CCCNC4)c(C(=O)N(C)C)c3)cc12. The van der Waals surface area contributed by atoms with Crippen LogP contribution in [-0.2, 0) is 4.79 Å². The molecule has 1 fully saturated rings. The zero-order valence-electron chi connectivity index (χ0n) is 21.2. The maximum Gasteiger partial charge on any atom is 0.255 e. The van der Waals surface area contributed by atoms with Crippen molar-refractivity contribution >= 4 is 28.5 Å². The van der Waals surface area contributed by atoms with E-state index in [2.05, 4.69) is 25.8 Å². The van der Waals surface area contributed by atoms with Crippen LogP contribution in [0.15, 0.2) is 54.7 Å². The fourth-order valence-corrected chi connectivity index (χ4v) is 4.67. The molecule has 2 amide bonds. The molecule has 37 heavy (non-hydrogen) atoms. The number of amides is 2. The van der Waals surface area contributed by atoms with Crippen molar-refractivity contribution in [1.82, 2.24) is 25.4 Å². The molecule has 3 heterocycles. The molecule has 2 aromatic heterocycles. The van der Waals surface area contributed by atoms with Gasteiger partial charge in [0.1, 0.15) is 11.4 Å². The Kier molecular flexibility index (Phi) is 6.87. The van der Waals surface area contributed by atoms with Gasteiger partial charge in [0, 0.05) is 43.4 Å². The van der Waals surface area contributed by atoms with Gasteiger partial charge in [-0.2, -0.15) is 5.10 Å². The lowest BCUT2D eigenvalue weighted by atomic mass is 9.97. The first-order valence-corrected chi connectivity index (χ1v) is 12.3. The number of anilines is 1. The van der Waals surface area contributed by atoms with E-state index in [1.54, 1.807) is 33.5 Å². The van der Waals surface area contributed by atoms with E-state index in [0.717, 1.165) is 47.2 Å². The summed E-state index contributed by atoms with van der Waals surface area (Å²) in [5.74, 6) is 0.340. The summed E-state index contributed by atoms with van der Waals surface area (Å²) < 4.78 is 5.53. The fourth-order valence-electron chi connectivity index (χ4n) is 4.67. The molecule has 0 saturated carbocycles. The summed E-state index contributed by atoms with van der Waals surface area (Å²) in [6.45, 7) is 1.57. The third-order valence-electron chi connectivity index (χ3n) is 6.69. The molecule has 4 aromatic rings. The van der Waals surface area contributed by atoms with Crippen molar-refractivity contribution in [2.45, 2.75) is 12.8 Å². The minimum absolute atomic E-state index is 0.0734. The summed E-state index contributed by atoms with van der Waals surface area (Å²) in [4.78, 5) is 32.1. The Morgan fingerprint density at radius 1 is 1.11 bits per heavy atom. The molecule has 1 unspecified atom stereocenters. The normalized spacial score (nSPS) is 15.4. The molecule has 1 atom stereocenters. The van der Waals surface area contributed by atoms with Crippen molar-refractivity contribution in [2.75, 3.05) is 39.6 Å². The first-order valence-electron chi connectivity index (χ1n) is 12.3. The molecule has 1 saturated heterocycles. The van der Waals surface area contributed by atoms with Gasteiger partial charge < -0.3 is 20.3 Å². The van der Waals surface area contributed by atoms with Crippen LogP contribution >= 0.6 is 0 Å². The number of H-pyrrole nitrogens is 1. The second kappa shape index (κ2) is 10.4. The highest BCUT2D eigenvalue weighted by Gasteiger charge is 2.24. The first kappa shape index (κ1) is 24.5. The van der Waals surface area contributed by atoms with E-state index in [-0.39, 0.29) is 17.7 Å². The van der Waals surface area contributed by atoms with E-state index in [1.807, 2.05) is 42.5 Å². The van der Waals surface area contributed by atoms with Gasteiger partial charge in [0.2, 0.25) is 5.91 Å². The minimum atomic E-state index is -0.189. The molecule has 3 N–H and O–H groups in total. The quantitative estimate of drug-likeness (QED) is 0.371. The van der Waals surface area contributed by atoms with E-state index in [1.165, 1.54) is 4.90 Å². The van der Waals surface area contributed by atoms with Crippen LogP contribution in [0.25, 0.3) is 33.4 Å². The Morgan fingerprint density at radius 3 is 2.70 bits per heavy atom. The number of carbonyl (C=O) groups is 2. The zero-order valence-corrected chi connectivity index (χ0v) is 21.2. The Morgan fingerprint density at radius 2 is 1.95 bits per heavy atom. The molecule has 0 bridgehead atoms. The van der Waals surface area contributed by atoms with Crippen LogP contribution in [0.2, 0.25) is 0 Å². The number of hydrogen-bond donors (Lipinski definition) is 3. The molecule has 1 aliphatic heterocycles. The average molecular weight is 499 g/mol. The smallest absolute Gasteiger partial charge is 0.255 e. The van der Waals surface area contributed by atoms with E-state index in [0.29, 0.717) is 29.2 Å². The number of carbonyl (C=O) groups excluding carboxylic acids is 2. The number of rotatable bonds is 6. The van der Waals surface area contributed by atoms with Crippen LogP contribution < -0.4 is 15.4 Å². The van der Waals surface area contributed by atoms with Crippen LogP contribution in [-0.4, -0.2) is 66.2 Å². The number of pyridine rings is 1. The third kappa shape index (κ3) is 4.90. The predicted molar refractivity (Wildman–Crippen MR) is 144 cm³/mol. The lowest BCUT2D eigenvalue weighted by Crippen LogP contribution is -2.37. The fraction of sp³-hybridized carbons (Fsp3) is 0.286. The molecule has 0 spiro atoms. The van der Waals surface area contributed by atoms with Gasteiger partial charge in [-0.15, -0.1) is 0 Å². The van der Waals surface area contributed by atoms with Gasteiger partial charge in [0.25, 0.3) is 5.91 Å². The highest BCUT2D eigenvalue weighted by Crippen LogP contribution is 2.35. The van der Waals surface area contributed by atoms with E-state index in [4.69, 9.17) is 4.74 Å². The Hall–Kier alpha value is -4.24. The molecular weight excluding hydrogens is 468 g/mol. The molecule has 0 radical (unpaired) electrons. The largest absolute Gasteiger partial charge is 0.496 e. The second-order valence-corrected chi connectivity index (χ2v) is 9.39. The number of nitrogens with zero attached hydrogens (tertiary/aromatic N) is 3. The van der Waals surface area contributed by atoms with Crippen molar-refractivity contribution in [1.29, 1.82) is 0 Å². The lowest BCUT2D eigenvalue weighted by Gasteiger charge is -2.23. The zero-order chi connectivity index (χ0) is 25.9. The van der Waals surface area contributed by atoms with Gasteiger partial charge in [-0.3, -0.25) is 14.7 Å². The van der Waals surface area contributed by atoms with Gasteiger partial charge in [-0.05, 0) is 55.3 Å². The summed E-state index contributed by atoms with van der Waals surface area (Å²) in [6.07, 6.45) is 3.54. The third-order valence-corrected chi connectivity index (χ3v) is 6.69. The maximum absolute atomic E-state index is 13.1. The van der Waals surface area contributed by atoms with Crippen molar-refractivity contribution in [3.63, 3.8) is 0 Å². The lowest BCUT2D eigenvalue weighted by molar-refractivity contribution is -0.120. The minimum Gasteiger partial charge on any atom is -0.496 e. The number of piperidine rings is 1. The maximum atomic E-state index is 13.1. The molecule has 2 aromatic carbocycles. The first-order chi connectivity index (χ1) is 18.0. The highest BCUT2D eigenvalue weighted by molar-refractivity contribution is 6.05. The van der Waals surface area contributed by atoms with E-state index in [9.17, 15) is 9.59 Å². The molecule has 5 rings (SSSR count). The van der Waals surface area contributed by atoms with Crippen LogP contribution in [0.3, 0.4) is 0 Å². The van der Waals surface area contributed by atoms with Gasteiger partial charge >= 0.3 is 0 Å². The van der Waals surface area contributed by atoms with Crippen LogP contribution in [0.1, 0.15) is 23.2 Å². The van der Waals surface area contributed by atoms with Gasteiger partial charge in [0.05, 0.1) is 24.3 Å². The molecule has 1 aliphatic rings. The standard InChI is InChI=1S/C28H30N6O3/c1-34(2)28(36)21-13-17(10-11-23(21)31-27(35)18-7-6-12-29-15-18)19-14-22-25(32-33-26(22)30-16-19)20-8-4-5-9-24(20)37-3/h4-5,8-11,13-14,16,18,29H,6-7,12,15H2,1-3H3,(H,31,35)(H,30,32,33). The Labute approximate surface area is 215 Å². The Balaban J connectivity index is 1.53. The van der Waals surface area contributed by atoms with Crippen LogP contribution in [0.5, 0.6) is 5.75 Å². The number of hydrogen-bond acceptors (Lipinski definition) is 6. The van der Waals surface area contributed by atoms with Gasteiger partial charge in [-0.25, -0.2) is 4.98 Å². The number of fused-ring (bicyclic) bond motifs is 1. The van der Waals surface area contributed by atoms with Gasteiger partial charge in [-0.1, -0.05) is 18.2 Å². The van der Waals surface area contributed by atoms with Crippen molar-refractivity contribution < 1.29 is 14.3 Å².